The number of nitrogens with one attached hydrogen (secondary N) is 1. The Balaban J connectivity index is 3.03. The van der Waals surface area contributed by atoms with E-state index in [1.807, 2.05) is 19.9 Å². The van der Waals surface area contributed by atoms with Crippen LogP contribution in [0, 0.1) is 17.2 Å². The molecule has 0 saturated heterocycles. The van der Waals surface area contributed by atoms with E-state index >= 15 is 0 Å². The van der Waals surface area contributed by atoms with Gasteiger partial charge in [0.2, 0.25) is 0 Å². The molecule has 0 spiro atoms. The maximum absolute atomic E-state index is 12.8. The normalized spacial score (nSPS) is 13.4. The number of alkyl halides is 3. The van der Waals surface area contributed by atoms with Gasteiger partial charge in [-0.15, -0.1) is 0 Å². The topological polar surface area (TPSA) is 35.8 Å². The summed E-state index contributed by atoms with van der Waals surface area (Å²) in [4.78, 5) is 0. The molecular weight excluding hydrogens is 241 g/mol. The number of hydrogen-bond donors (Lipinski definition) is 1. The first-order valence-electron chi connectivity index (χ1n) is 5.65. The Hall–Kier alpha value is -1.54. The fraction of sp³-hybridized carbons (Fsp3) is 0.462. The molecule has 0 aliphatic heterocycles. The van der Waals surface area contributed by atoms with E-state index in [0.29, 0.717) is 6.54 Å². The van der Waals surface area contributed by atoms with Crippen molar-refractivity contribution < 1.29 is 13.2 Å². The molecule has 5 heteroatoms. The number of rotatable bonds is 4. The molecule has 1 atom stereocenters. The summed E-state index contributed by atoms with van der Waals surface area (Å²) in [6.45, 7) is 4.35. The molecule has 1 rings (SSSR count). The molecule has 18 heavy (non-hydrogen) atoms. The minimum absolute atomic E-state index is 0.0202. The summed E-state index contributed by atoms with van der Waals surface area (Å²) >= 11 is 0. The molecule has 0 saturated carbocycles. The number of nitrogens with zero attached hydrogens (tertiary/aromatic N) is 1. The van der Waals surface area contributed by atoms with Crippen molar-refractivity contribution in [2.75, 3.05) is 6.54 Å². The van der Waals surface area contributed by atoms with Crippen molar-refractivity contribution in [3.8, 4) is 6.07 Å². The fourth-order valence-corrected chi connectivity index (χ4v) is 1.59. The maximum Gasteiger partial charge on any atom is 0.416 e. The Morgan fingerprint density at radius 3 is 2.39 bits per heavy atom. The number of nitriles is 1. The van der Waals surface area contributed by atoms with Gasteiger partial charge in [-0.1, -0.05) is 32.0 Å². The van der Waals surface area contributed by atoms with Gasteiger partial charge in [0, 0.05) is 0 Å². The zero-order valence-electron chi connectivity index (χ0n) is 10.3. The van der Waals surface area contributed by atoms with Gasteiger partial charge >= 0.3 is 6.18 Å². The maximum atomic E-state index is 12.8. The van der Waals surface area contributed by atoms with Gasteiger partial charge < -0.3 is 0 Å². The van der Waals surface area contributed by atoms with Crippen molar-refractivity contribution in [1.82, 2.24) is 5.32 Å². The predicted molar refractivity (Wildman–Crippen MR) is 62.6 cm³/mol. The van der Waals surface area contributed by atoms with Crippen LogP contribution < -0.4 is 5.32 Å². The van der Waals surface area contributed by atoms with Crippen molar-refractivity contribution in [2.24, 2.45) is 5.92 Å². The smallest absolute Gasteiger partial charge is 0.298 e. The average Bonchev–Trinajstić information content (AvgIpc) is 2.29. The Morgan fingerprint density at radius 1 is 1.28 bits per heavy atom. The largest absolute Gasteiger partial charge is 0.416 e. The molecule has 0 amide bonds. The first kappa shape index (κ1) is 14.5. The third-order valence-electron chi connectivity index (χ3n) is 2.44. The van der Waals surface area contributed by atoms with E-state index in [9.17, 15) is 13.2 Å². The van der Waals surface area contributed by atoms with Crippen molar-refractivity contribution in [3.63, 3.8) is 0 Å². The van der Waals surface area contributed by atoms with Crippen LogP contribution in [0.2, 0.25) is 0 Å². The summed E-state index contributed by atoms with van der Waals surface area (Å²) in [6.07, 6.45) is -4.44. The van der Waals surface area contributed by atoms with Crippen LogP contribution in [0.3, 0.4) is 0 Å². The zero-order chi connectivity index (χ0) is 13.8. The van der Waals surface area contributed by atoms with E-state index in [-0.39, 0.29) is 11.5 Å². The SMILES string of the molecule is CC(C)CNC(C#N)c1ccccc1C(F)(F)F. The lowest BCUT2D eigenvalue weighted by Gasteiger charge is -2.18. The zero-order valence-corrected chi connectivity index (χ0v) is 10.3. The first-order valence-corrected chi connectivity index (χ1v) is 5.65. The molecular formula is C13H15F3N2. The predicted octanol–water partition coefficient (Wildman–Crippen LogP) is 3.52. The molecule has 2 nitrogen and oxygen atoms in total. The Labute approximate surface area is 104 Å². The summed E-state index contributed by atoms with van der Waals surface area (Å²) < 4.78 is 38.4. The van der Waals surface area contributed by atoms with E-state index in [4.69, 9.17) is 5.26 Å². The Bertz CT molecular complexity index is 433. The fourth-order valence-electron chi connectivity index (χ4n) is 1.59. The molecule has 0 heterocycles. The quantitative estimate of drug-likeness (QED) is 0.894. The highest BCUT2D eigenvalue weighted by Gasteiger charge is 2.34. The molecule has 0 aliphatic carbocycles. The first-order chi connectivity index (χ1) is 8.36. The molecule has 0 aliphatic rings. The van der Waals surface area contributed by atoms with Gasteiger partial charge in [-0.25, -0.2) is 0 Å². The van der Waals surface area contributed by atoms with Gasteiger partial charge in [0.15, 0.2) is 0 Å². The summed E-state index contributed by atoms with van der Waals surface area (Å²) in [5, 5.41) is 11.8. The molecule has 1 aromatic carbocycles. The van der Waals surface area contributed by atoms with E-state index in [2.05, 4.69) is 5.32 Å². The summed E-state index contributed by atoms with van der Waals surface area (Å²) in [7, 11) is 0. The minimum atomic E-state index is -4.44. The van der Waals surface area contributed by atoms with Gasteiger partial charge in [-0.3, -0.25) is 5.32 Å². The lowest BCUT2D eigenvalue weighted by atomic mass is 10.0. The Morgan fingerprint density at radius 2 is 1.89 bits per heavy atom. The van der Waals surface area contributed by atoms with Crippen molar-refractivity contribution >= 4 is 0 Å². The summed E-state index contributed by atoms with van der Waals surface area (Å²) in [6, 6.07) is 6.10. The standard InChI is InChI=1S/C13H15F3N2/c1-9(2)8-18-12(7-17)10-5-3-4-6-11(10)13(14,15)16/h3-6,9,12,18H,8H2,1-2H3. The van der Waals surface area contributed by atoms with Gasteiger partial charge in [-0.2, -0.15) is 18.4 Å². The van der Waals surface area contributed by atoms with Gasteiger partial charge in [-0.05, 0) is 24.1 Å². The Kier molecular flexibility index (Phi) is 4.74. The second-order valence-corrected chi connectivity index (χ2v) is 4.45. The van der Waals surface area contributed by atoms with Crippen molar-refractivity contribution in [3.05, 3.63) is 35.4 Å². The van der Waals surface area contributed by atoms with Crippen LogP contribution in [-0.4, -0.2) is 6.54 Å². The third-order valence-corrected chi connectivity index (χ3v) is 2.44. The monoisotopic (exact) mass is 256 g/mol. The highest BCUT2D eigenvalue weighted by molar-refractivity contribution is 5.35. The van der Waals surface area contributed by atoms with E-state index in [1.165, 1.54) is 18.2 Å². The van der Waals surface area contributed by atoms with Crippen LogP contribution in [0.5, 0.6) is 0 Å². The summed E-state index contributed by atoms with van der Waals surface area (Å²) in [5.41, 5.74) is -0.777. The van der Waals surface area contributed by atoms with Crippen LogP contribution >= 0.6 is 0 Å². The van der Waals surface area contributed by atoms with Gasteiger partial charge in [0.1, 0.15) is 6.04 Å². The summed E-state index contributed by atoms with van der Waals surface area (Å²) in [5.74, 6) is 0.263. The van der Waals surface area contributed by atoms with Crippen LogP contribution in [-0.2, 0) is 6.18 Å². The molecule has 0 aromatic heterocycles. The van der Waals surface area contributed by atoms with E-state index in [1.54, 1.807) is 0 Å². The molecule has 98 valence electrons. The van der Waals surface area contributed by atoms with Gasteiger partial charge in [0.05, 0.1) is 11.6 Å². The van der Waals surface area contributed by atoms with Crippen LogP contribution in [0.15, 0.2) is 24.3 Å². The lowest BCUT2D eigenvalue weighted by Crippen LogP contribution is -2.26. The van der Waals surface area contributed by atoms with Crippen molar-refractivity contribution in [2.45, 2.75) is 26.1 Å². The average molecular weight is 256 g/mol. The van der Waals surface area contributed by atoms with Crippen LogP contribution in [0.25, 0.3) is 0 Å². The second kappa shape index (κ2) is 5.87. The second-order valence-electron chi connectivity index (χ2n) is 4.45. The molecule has 1 N–H and O–H groups in total. The van der Waals surface area contributed by atoms with Crippen LogP contribution in [0.1, 0.15) is 31.0 Å². The molecule has 0 bridgehead atoms. The molecule has 0 radical (unpaired) electrons. The number of hydrogen-bond acceptors (Lipinski definition) is 2. The van der Waals surface area contributed by atoms with Crippen molar-refractivity contribution in [1.29, 1.82) is 5.26 Å². The minimum Gasteiger partial charge on any atom is -0.298 e. The molecule has 1 unspecified atom stereocenters. The highest BCUT2D eigenvalue weighted by atomic mass is 19.4. The lowest BCUT2D eigenvalue weighted by molar-refractivity contribution is -0.138. The number of halogens is 3. The third kappa shape index (κ3) is 3.74. The molecule has 0 fully saturated rings. The number of benzene rings is 1. The van der Waals surface area contributed by atoms with E-state index < -0.39 is 17.8 Å². The highest BCUT2D eigenvalue weighted by Crippen LogP contribution is 2.34. The molecule has 1 aromatic rings. The van der Waals surface area contributed by atoms with Gasteiger partial charge in [0.25, 0.3) is 0 Å². The van der Waals surface area contributed by atoms with Crippen LogP contribution in [0.4, 0.5) is 13.2 Å². The van der Waals surface area contributed by atoms with E-state index in [0.717, 1.165) is 6.07 Å².